The average molecular weight is 506 g/mol. The lowest BCUT2D eigenvalue weighted by Gasteiger charge is -2.34. The molecule has 2 N–H and O–H groups in total. The number of allylic oxidation sites excluding steroid dienone is 2. The van der Waals surface area contributed by atoms with Gasteiger partial charge in [-0.1, -0.05) is 26.0 Å². The number of hydrogen-bond acceptors (Lipinski definition) is 6. The standard InChI is InChI=1S/C27H32FN7O2/c1-19(2)20-6-5-11-34(18-20)35(27(29)36)26-8-7-22(14-24(26)28)37-23-9-10-30-25(15-23)21-16-31-33(17-21)13-12-32(3)4/h5-10,14-19H,11-13H2,1-4H3,(H2,29,36). The Morgan fingerprint density at radius 2 is 2.00 bits per heavy atom. The maximum Gasteiger partial charge on any atom is 0.338 e. The van der Waals surface area contributed by atoms with Crippen LogP contribution < -0.4 is 15.5 Å². The van der Waals surface area contributed by atoms with Gasteiger partial charge in [-0.05, 0) is 43.8 Å². The average Bonchev–Trinajstić information content (AvgIpc) is 3.34. The number of aromatic nitrogens is 3. The molecular weight excluding hydrogens is 473 g/mol. The summed E-state index contributed by atoms with van der Waals surface area (Å²) >= 11 is 0. The smallest absolute Gasteiger partial charge is 0.338 e. The van der Waals surface area contributed by atoms with Crippen LogP contribution in [0, 0.1) is 11.7 Å². The third-order valence-electron chi connectivity index (χ3n) is 5.85. The molecular formula is C27H32FN7O2. The first kappa shape index (κ1) is 25.9. The molecule has 194 valence electrons. The monoisotopic (exact) mass is 505 g/mol. The summed E-state index contributed by atoms with van der Waals surface area (Å²) in [6, 6.07) is 6.99. The number of nitrogens with zero attached hydrogens (tertiary/aromatic N) is 6. The van der Waals surface area contributed by atoms with Crippen LogP contribution in [0.1, 0.15) is 13.8 Å². The fourth-order valence-electron chi connectivity index (χ4n) is 3.84. The molecule has 9 nitrogen and oxygen atoms in total. The van der Waals surface area contributed by atoms with E-state index in [0.717, 1.165) is 29.2 Å². The van der Waals surface area contributed by atoms with Crippen molar-refractivity contribution >= 4 is 11.7 Å². The molecule has 1 aromatic carbocycles. The van der Waals surface area contributed by atoms with Gasteiger partial charge >= 0.3 is 6.03 Å². The van der Waals surface area contributed by atoms with Gasteiger partial charge < -0.3 is 15.4 Å². The molecule has 3 aromatic rings. The Morgan fingerprint density at radius 3 is 2.70 bits per heavy atom. The number of anilines is 1. The number of pyridine rings is 1. The van der Waals surface area contributed by atoms with Gasteiger partial charge in [-0.15, -0.1) is 0 Å². The summed E-state index contributed by atoms with van der Waals surface area (Å²) in [5.74, 6) is 0.380. The summed E-state index contributed by atoms with van der Waals surface area (Å²) in [4.78, 5) is 18.8. The Kier molecular flexibility index (Phi) is 7.88. The van der Waals surface area contributed by atoms with E-state index in [1.165, 1.54) is 12.1 Å². The molecule has 0 radical (unpaired) electrons. The maximum absolute atomic E-state index is 15.2. The van der Waals surface area contributed by atoms with Gasteiger partial charge in [0.15, 0.2) is 5.82 Å². The Labute approximate surface area is 216 Å². The molecule has 0 saturated heterocycles. The lowest BCUT2D eigenvalue weighted by atomic mass is 10.0. The van der Waals surface area contributed by atoms with Gasteiger partial charge in [0.2, 0.25) is 0 Å². The number of hydrazine groups is 1. The molecule has 2 amide bonds. The van der Waals surface area contributed by atoms with Crippen LogP contribution in [0.3, 0.4) is 0 Å². The largest absolute Gasteiger partial charge is 0.457 e. The van der Waals surface area contributed by atoms with Crippen molar-refractivity contribution in [3.8, 4) is 22.8 Å². The second kappa shape index (κ2) is 11.3. The molecule has 2 aromatic heterocycles. The predicted octanol–water partition coefficient (Wildman–Crippen LogP) is 4.65. The van der Waals surface area contributed by atoms with E-state index in [-0.39, 0.29) is 17.4 Å². The number of ether oxygens (including phenoxy) is 1. The number of primary amides is 1. The van der Waals surface area contributed by atoms with Crippen LogP contribution in [0.25, 0.3) is 11.3 Å². The number of carbonyl (C=O) groups excluding carboxylic acids is 1. The van der Waals surface area contributed by atoms with Gasteiger partial charge in [0.25, 0.3) is 0 Å². The second-order valence-electron chi connectivity index (χ2n) is 9.35. The van der Waals surface area contributed by atoms with Gasteiger partial charge in [-0.25, -0.2) is 14.2 Å². The molecule has 0 aliphatic carbocycles. The molecule has 1 aliphatic rings. The number of carbonyl (C=O) groups is 1. The summed E-state index contributed by atoms with van der Waals surface area (Å²) in [6.07, 6.45) is 11.0. The molecule has 0 saturated carbocycles. The SMILES string of the molecule is CC(C)C1=CN(N(C(N)=O)c2ccc(Oc3ccnc(-c4cnn(CCN(C)C)c4)c3)cc2F)CC=C1. The molecule has 4 rings (SSSR count). The molecule has 10 heteroatoms. The van der Waals surface area contributed by atoms with Gasteiger partial charge in [-0.3, -0.25) is 14.7 Å². The zero-order valence-electron chi connectivity index (χ0n) is 21.5. The van der Waals surface area contributed by atoms with Crippen LogP contribution in [-0.2, 0) is 6.54 Å². The number of rotatable bonds is 9. The minimum Gasteiger partial charge on any atom is -0.457 e. The lowest BCUT2D eigenvalue weighted by molar-refractivity contribution is 0.238. The first-order valence-electron chi connectivity index (χ1n) is 12.1. The molecule has 0 bridgehead atoms. The van der Waals surface area contributed by atoms with Crippen LogP contribution >= 0.6 is 0 Å². The van der Waals surface area contributed by atoms with E-state index in [2.05, 4.69) is 15.0 Å². The van der Waals surface area contributed by atoms with Crippen LogP contribution in [-0.4, -0.2) is 57.9 Å². The zero-order valence-corrected chi connectivity index (χ0v) is 21.5. The van der Waals surface area contributed by atoms with Gasteiger partial charge in [0.1, 0.15) is 17.2 Å². The van der Waals surface area contributed by atoms with Crippen LogP contribution in [0.5, 0.6) is 11.5 Å². The van der Waals surface area contributed by atoms with Crippen LogP contribution in [0.2, 0.25) is 0 Å². The summed E-state index contributed by atoms with van der Waals surface area (Å²) in [7, 11) is 4.02. The van der Waals surface area contributed by atoms with Crippen LogP contribution in [0.4, 0.5) is 14.9 Å². The van der Waals surface area contributed by atoms with Gasteiger partial charge in [0.05, 0.1) is 25.0 Å². The number of urea groups is 1. The van der Waals surface area contributed by atoms with Crippen molar-refractivity contribution < 1.29 is 13.9 Å². The normalized spacial score (nSPS) is 13.3. The van der Waals surface area contributed by atoms with E-state index >= 15 is 4.39 Å². The quantitative estimate of drug-likeness (QED) is 0.455. The van der Waals surface area contributed by atoms with Crippen molar-refractivity contribution in [1.29, 1.82) is 0 Å². The Balaban J connectivity index is 1.52. The van der Waals surface area contributed by atoms with Crippen LogP contribution in [0.15, 0.2) is 72.8 Å². The molecule has 0 atom stereocenters. The minimum absolute atomic E-state index is 0.0371. The fraction of sp³-hybridized carbons (Fsp3) is 0.296. The van der Waals surface area contributed by atoms with E-state index in [0.29, 0.717) is 18.0 Å². The molecule has 0 fully saturated rings. The Hall–Kier alpha value is -4.18. The van der Waals surface area contributed by atoms with E-state index in [9.17, 15) is 4.79 Å². The molecule has 37 heavy (non-hydrogen) atoms. The topological polar surface area (TPSA) is 92.7 Å². The lowest BCUT2D eigenvalue weighted by Crippen LogP contribution is -2.48. The van der Waals surface area contributed by atoms with Gasteiger partial charge in [-0.2, -0.15) is 5.10 Å². The number of amides is 2. The maximum atomic E-state index is 15.2. The van der Waals surface area contributed by atoms with Gasteiger partial charge in [0, 0.05) is 42.8 Å². The number of nitrogens with two attached hydrogens (primary N) is 1. The fourth-order valence-corrected chi connectivity index (χ4v) is 3.84. The zero-order chi connectivity index (χ0) is 26.5. The van der Waals surface area contributed by atoms with Crippen molar-refractivity contribution in [3.05, 3.63) is 78.7 Å². The minimum atomic E-state index is -0.785. The summed E-state index contributed by atoms with van der Waals surface area (Å²) in [5, 5.41) is 7.12. The molecule has 1 aliphatic heterocycles. The Morgan fingerprint density at radius 1 is 1.22 bits per heavy atom. The summed E-state index contributed by atoms with van der Waals surface area (Å²) in [6.45, 7) is 6.11. The van der Waals surface area contributed by atoms with Crippen molar-refractivity contribution in [2.45, 2.75) is 20.4 Å². The van der Waals surface area contributed by atoms with Crippen molar-refractivity contribution in [3.63, 3.8) is 0 Å². The number of benzene rings is 1. The summed E-state index contributed by atoms with van der Waals surface area (Å²) < 4.78 is 23.0. The summed E-state index contributed by atoms with van der Waals surface area (Å²) in [5.41, 5.74) is 8.23. The molecule has 0 unspecified atom stereocenters. The van der Waals surface area contributed by atoms with Crippen molar-refractivity contribution in [2.75, 3.05) is 32.2 Å². The Bertz CT molecular complexity index is 1320. The molecule has 0 spiro atoms. The highest BCUT2D eigenvalue weighted by Crippen LogP contribution is 2.31. The highest BCUT2D eigenvalue weighted by Gasteiger charge is 2.24. The number of likely N-dealkylation sites (N-methyl/N-ethyl adjacent to an activating group) is 1. The highest BCUT2D eigenvalue weighted by molar-refractivity contribution is 5.90. The third-order valence-corrected chi connectivity index (χ3v) is 5.85. The van der Waals surface area contributed by atoms with E-state index in [1.54, 1.807) is 41.8 Å². The highest BCUT2D eigenvalue weighted by atomic mass is 19.1. The molecule has 3 heterocycles. The van der Waals surface area contributed by atoms with Crippen molar-refractivity contribution in [1.82, 2.24) is 24.7 Å². The van der Waals surface area contributed by atoms with E-state index < -0.39 is 11.8 Å². The van der Waals surface area contributed by atoms with Crippen molar-refractivity contribution in [2.24, 2.45) is 11.7 Å². The third kappa shape index (κ3) is 6.34. The second-order valence-corrected chi connectivity index (χ2v) is 9.35. The number of hydrogen-bond donors (Lipinski definition) is 1. The van der Waals surface area contributed by atoms with E-state index in [4.69, 9.17) is 10.5 Å². The number of halogens is 1. The first-order valence-corrected chi connectivity index (χ1v) is 12.1. The first-order chi connectivity index (χ1) is 17.7. The van der Waals surface area contributed by atoms with E-state index in [1.807, 2.05) is 51.0 Å². The predicted molar refractivity (Wildman–Crippen MR) is 141 cm³/mol.